The molecule has 0 saturated carbocycles. The normalized spacial score (nSPS) is 14.7. The van der Waals surface area contributed by atoms with E-state index in [-0.39, 0.29) is 27.4 Å². The standard InChI is InChI=1S/C21H18Cl3N3O3/c1-29-15-4-2-12(3-5-15)19-25-20(30-26-19)13-6-8-27(9-7-13)21(28)18-16(23)10-14(22)11-17(18)24/h2-5,10-11,13H,6-9H2,1H3. The molecule has 156 valence electrons. The highest BCUT2D eigenvalue weighted by molar-refractivity contribution is 6.42. The summed E-state index contributed by atoms with van der Waals surface area (Å²) in [7, 11) is 1.62. The summed E-state index contributed by atoms with van der Waals surface area (Å²) in [5.41, 5.74) is 1.13. The zero-order valence-corrected chi connectivity index (χ0v) is 18.3. The maximum absolute atomic E-state index is 12.9. The van der Waals surface area contributed by atoms with Gasteiger partial charge in [0.1, 0.15) is 5.75 Å². The third-order valence-electron chi connectivity index (χ3n) is 5.14. The SMILES string of the molecule is COc1ccc(-c2noc(C3CCN(C(=O)c4c(Cl)cc(Cl)cc4Cl)CC3)n2)cc1. The van der Waals surface area contributed by atoms with E-state index in [1.165, 1.54) is 12.1 Å². The van der Waals surface area contributed by atoms with Crippen molar-refractivity contribution in [1.82, 2.24) is 15.0 Å². The number of aromatic nitrogens is 2. The van der Waals surface area contributed by atoms with Crippen molar-refractivity contribution in [3.05, 3.63) is 62.9 Å². The van der Waals surface area contributed by atoms with E-state index < -0.39 is 0 Å². The Hall–Kier alpha value is -2.28. The van der Waals surface area contributed by atoms with Crippen LogP contribution in [0.2, 0.25) is 15.1 Å². The van der Waals surface area contributed by atoms with Crippen LogP contribution in [0.15, 0.2) is 40.9 Å². The zero-order valence-electron chi connectivity index (χ0n) is 16.1. The smallest absolute Gasteiger partial charge is 0.256 e. The lowest BCUT2D eigenvalue weighted by Gasteiger charge is -2.30. The first kappa shape index (κ1) is 21.0. The van der Waals surface area contributed by atoms with E-state index in [4.69, 9.17) is 44.1 Å². The molecule has 1 aliphatic rings. The molecule has 1 aliphatic heterocycles. The fraction of sp³-hybridized carbons (Fsp3) is 0.286. The molecule has 1 aromatic heterocycles. The highest BCUT2D eigenvalue weighted by atomic mass is 35.5. The molecule has 9 heteroatoms. The fourth-order valence-electron chi connectivity index (χ4n) is 3.49. The highest BCUT2D eigenvalue weighted by Crippen LogP contribution is 2.33. The summed E-state index contributed by atoms with van der Waals surface area (Å²) < 4.78 is 10.7. The van der Waals surface area contributed by atoms with E-state index in [2.05, 4.69) is 10.1 Å². The van der Waals surface area contributed by atoms with Crippen molar-refractivity contribution in [2.45, 2.75) is 18.8 Å². The summed E-state index contributed by atoms with van der Waals surface area (Å²) in [5, 5.41) is 4.99. The van der Waals surface area contributed by atoms with Crippen LogP contribution in [0.5, 0.6) is 5.75 Å². The van der Waals surface area contributed by atoms with Crippen LogP contribution in [-0.4, -0.2) is 41.1 Å². The van der Waals surface area contributed by atoms with Gasteiger partial charge in [-0.2, -0.15) is 4.98 Å². The van der Waals surface area contributed by atoms with Crippen LogP contribution in [0.4, 0.5) is 0 Å². The molecular weight excluding hydrogens is 449 g/mol. The number of amides is 1. The Balaban J connectivity index is 1.42. The van der Waals surface area contributed by atoms with Gasteiger partial charge in [-0.05, 0) is 49.2 Å². The third-order valence-corrected chi connectivity index (χ3v) is 5.96. The average molecular weight is 467 g/mol. The van der Waals surface area contributed by atoms with E-state index in [1.807, 2.05) is 24.3 Å². The van der Waals surface area contributed by atoms with Gasteiger partial charge in [-0.25, -0.2) is 0 Å². The maximum Gasteiger partial charge on any atom is 0.256 e. The molecule has 0 atom stereocenters. The molecule has 4 rings (SSSR count). The van der Waals surface area contributed by atoms with Gasteiger partial charge in [-0.3, -0.25) is 4.79 Å². The molecule has 0 radical (unpaired) electrons. The summed E-state index contributed by atoms with van der Waals surface area (Å²) in [5.74, 6) is 1.76. The molecule has 0 N–H and O–H groups in total. The molecule has 3 aromatic rings. The Bertz CT molecular complexity index is 1040. The second-order valence-electron chi connectivity index (χ2n) is 7.00. The fourth-order valence-corrected chi connectivity index (χ4v) is 4.47. The van der Waals surface area contributed by atoms with Gasteiger partial charge < -0.3 is 14.2 Å². The number of carbonyl (C=O) groups excluding carboxylic acids is 1. The molecule has 2 heterocycles. The number of hydrogen-bond donors (Lipinski definition) is 0. The lowest BCUT2D eigenvalue weighted by molar-refractivity contribution is 0.0705. The minimum atomic E-state index is -0.204. The summed E-state index contributed by atoms with van der Waals surface area (Å²) in [4.78, 5) is 19.2. The minimum Gasteiger partial charge on any atom is -0.497 e. The number of nitrogens with zero attached hydrogens (tertiary/aromatic N) is 3. The zero-order chi connectivity index (χ0) is 21.3. The van der Waals surface area contributed by atoms with Gasteiger partial charge in [0, 0.05) is 29.6 Å². The average Bonchev–Trinajstić information content (AvgIpc) is 3.23. The summed E-state index contributed by atoms with van der Waals surface area (Å²) in [6.07, 6.45) is 1.41. The Morgan fingerprint density at radius 2 is 1.73 bits per heavy atom. The number of methoxy groups -OCH3 is 1. The van der Waals surface area contributed by atoms with Gasteiger partial charge in [0.25, 0.3) is 5.91 Å². The highest BCUT2D eigenvalue weighted by Gasteiger charge is 2.30. The van der Waals surface area contributed by atoms with Crippen molar-refractivity contribution in [2.75, 3.05) is 20.2 Å². The number of hydrogen-bond acceptors (Lipinski definition) is 5. The number of benzene rings is 2. The topological polar surface area (TPSA) is 68.5 Å². The van der Waals surface area contributed by atoms with Crippen molar-refractivity contribution in [3.8, 4) is 17.1 Å². The van der Waals surface area contributed by atoms with Gasteiger partial charge in [0.15, 0.2) is 0 Å². The van der Waals surface area contributed by atoms with Crippen molar-refractivity contribution in [2.24, 2.45) is 0 Å². The van der Waals surface area contributed by atoms with Gasteiger partial charge in [-0.1, -0.05) is 40.0 Å². The molecule has 30 heavy (non-hydrogen) atoms. The molecule has 0 aliphatic carbocycles. The number of carbonyl (C=O) groups is 1. The Labute approximate surface area is 188 Å². The minimum absolute atomic E-state index is 0.0877. The van der Waals surface area contributed by atoms with Crippen LogP contribution in [-0.2, 0) is 0 Å². The van der Waals surface area contributed by atoms with Crippen molar-refractivity contribution in [1.29, 1.82) is 0 Å². The van der Waals surface area contributed by atoms with Crippen molar-refractivity contribution in [3.63, 3.8) is 0 Å². The van der Waals surface area contributed by atoms with E-state index >= 15 is 0 Å². The van der Waals surface area contributed by atoms with Crippen LogP contribution in [0.25, 0.3) is 11.4 Å². The van der Waals surface area contributed by atoms with Crippen LogP contribution in [0.1, 0.15) is 35.0 Å². The van der Waals surface area contributed by atoms with E-state index in [0.717, 1.165) is 11.3 Å². The van der Waals surface area contributed by atoms with E-state index in [1.54, 1.807) is 12.0 Å². The molecule has 2 aromatic carbocycles. The summed E-state index contributed by atoms with van der Waals surface area (Å²) >= 11 is 18.3. The number of rotatable bonds is 4. The number of likely N-dealkylation sites (tertiary alicyclic amines) is 1. The lowest BCUT2D eigenvalue weighted by atomic mass is 9.96. The maximum atomic E-state index is 12.9. The lowest BCUT2D eigenvalue weighted by Crippen LogP contribution is -2.38. The predicted molar refractivity (Wildman–Crippen MR) is 116 cm³/mol. The Kier molecular flexibility index (Phi) is 6.18. The van der Waals surface area contributed by atoms with Crippen molar-refractivity contribution < 1.29 is 14.1 Å². The Morgan fingerprint density at radius 3 is 2.33 bits per heavy atom. The van der Waals surface area contributed by atoms with Crippen LogP contribution in [0.3, 0.4) is 0 Å². The van der Waals surface area contributed by atoms with Crippen LogP contribution < -0.4 is 4.74 Å². The molecular formula is C21H18Cl3N3O3. The first-order valence-corrected chi connectivity index (χ1v) is 10.5. The molecule has 1 amide bonds. The Morgan fingerprint density at radius 1 is 1.10 bits per heavy atom. The number of piperidine rings is 1. The quantitative estimate of drug-likeness (QED) is 0.491. The molecule has 1 saturated heterocycles. The van der Waals surface area contributed by atoms with Gasteiger partial charge in [0.2, 0.25) is 11.7 Å². The van der Waals surface area contributed by atoms with E-state index in [0.29, 0.717) is 42.7 Å². The molecule has 0 unspecified atom stereocenters. The van der Waals surface area contributed by atoms with Gasteiger partial charge in [0.05, 0.1) is 22.7 Å². The second kappa shape index (κ2) is 8.84. The molecule has 0 spiro atoms. The summed E-state index contributed by atoms with van der Waals surface area (Å²) in [6, 6.07) is 10.5. The number of halogens is 3. The molecule has 0 bridgehead atoms. The monoisotopic (exact) mass is 465 g/mol. The van der Waals surface area contributed by atoms with Gasteiger partial charge in [-0.15, -0.1) is 0 Å². The first-order valence-electron chi connectivity index (χ1n) is 9.38. The van der Waals surface area contributed by atoms with Gasteiger partial charge >= 0.3 is 0 Å². The second-order valence-corrected chi connectivity index (χ2v) is 8.25. The largest absolute Gasteiger partial charge is 0.497 e. The molecule has 6 nitrogen and oxygen atoms in total. The van der Waals surface area contributed by atoms with Crippen LogP contribution in [0, 0.1) is 0 Å². The van der Waals surface area contributed by atoms with E-state index in [9.17, 15) is 4.79 Å². The number of ether oxygens (including phenoxy) is 1. The first-order chi connectivity index (χ1) is 14.5. The molecule has 1 fully saturated rings. The van der Waals surface area contributed by atoms with Crippen molar-refractivity contribution >= 4 is 40.7 Å². The summed E-state index contributed by atoms with van der Waals surface area (Å²) in [6.45, 7) is 1.08. The third kappa shape index (κ3) is 4.26. The van der Waals surface area contributed by atoms with Crippen LogP contribution >= 0.6 is 34.8 Å². The predicted octanol–water partition coefficient (Wildman–Crippen LogP) is 5.73.